The van der Waals surface area contributed by atoms with E-state index in [0.717, 1.165) is 43.0 Å². The Morgan fingerprint density at radius 3 is 2.47 bits per heavy atom. The fraction of sp³-hybridized carbons (Fsp3) is 0.609. The van der Waals surface area contributed by atoms with Crippen LogP contribution in [-0.4, -0.2) is 65.6 Å². The van der Waals surface area contributed by atoms with Crippen molar-refractivity contribution in [2.45, 2.75) is 74.1 Å². The van der Waals surface area contributed by atoms with E-state index in [2.05, 4.69) is 33.4 Å². The molecule has 1 aliphatic carbocycles. The van der Waals surface area contributed by atoms with Crippen molar-refractivity contribution in [1.82, 2.24) is 14.3 Å². The Balaban J connectivity index is 1.18. The zero-order valence-corrected chi connectivity index (χ0v) is 21.0. The first-order chi connectivity index (χ1) is 16.2. The van der Waals surface area contributed by atoms with Crippen LogP contribution in [0.25, 0.3) is 0 Å². The van der Waals surface area contributed by atoms with Crippen LogP contribution in [0.2, 0.25) is 0 Å². The van der Waals surface area contributed by atoms with E-state index < -0.39 is 21.7 Å². The molecule has 3 aliphatic rings. The van der Waals surface area contributed by atoms with Gasteiger partial charge in [0.15, 0.2) is 9.84 Å². The van der Waals surface area contributed by atoms with Crippen molar-refractivity contribution in [2.75, 3.05) is 29.9 Å². The second-order valence-electron chi connectivity index (χ2n) is 9.71. The average Bonchev–Trinajstić information content (AvgIpc) is 3.46. The molecular weight excluding hydrogens is 477 g/mol. The van der Waals surface area contributed by atoms with Crippen molar-refractivity contribution >= 4 is 38.1 Å². The number of amides is 1. The molecule has 0 bridgehead atoms. The van der Waals surface area contributed by atoms with Crippen LogP contribution in [0.3, 0.4) is 0 Å². The van der Waals surface area contributed by atoms with E-state index in [-0.39, 0.29) is 27.8 Å². The third-order valence-electron chi connectivity index (χ3n) is 6.93. The first-order valence-corrected chi connectivity index (χ1v) is 14.2. The smallest absolute Gasteiger partial charge is 0.245 e. The summed E-state index contributed by atoms with van der Waals surface area (Å²) in [7, 11) is -3.45. The molecule has 0 unspecified atom stereocenters. The average molecular weight is 508 g/mol. The molecule has 34 heavy (non-hydrogen) atoms. The van der Waals surface area contributed by atoms with Gasteiger partial charge in [0.2, 0.25) is 11.0 Å². The molecule has 1 amide bonds. The van der Waals surface area contributed by atoms with E-state index in [1.165, 1.54) is 23.7 Å². The number of anilines is 2. The van der Waals surface area contributed by atoms with Gasteiger partial charge in [-0.25, -0.2) is 17.8 Å². The van der Waals surface area contributed by atoms with Crippen molar-refractivity contribution in [3.8, 4) is 0 Å². The molecule has 11 heteroatoms. The Morgan fingerprint density at radius 2 is 1.85 bits per heavy atom. The van der Waals surface area contributed by atoms with Gasteiger partial charge in [-0.2, -0.15) is 4.37 Å². The predicted molar refractivity (Wildman–Crippen MR) is 130 cm³/mol. The molecule has 1 aromatic heterocycles. The number of benzene rings is 1. The zero-order chi connectivity index (χ0) is 24.0. The number of aromatic nitrogens is 2. The molecule has 5 rings (SSSR count). The van der Waals surface area contributed by atoms with Crippen molar-refractivity contribution in [3.63, 3.8) is 0 Å². The first-order valence-electron chi connectivity index (χ1n) is 11.9. The quantitative estimate of drug-likeness (QED) is 0.614. The summed E-state index contributed by atoms with van der Waals surface area (Å²) < 4.78 is 43.8. The fourth-order valence-electron chi connectivity index (χ4n) is 4.70. The summed E-state index contributed by atoms with van der Waals surface area (Å²) in [5.74, 6) is 0.513. The number of sulfone groups is 1. The van der Waals surface area contributed by atoms with E-state index >= 15 is 0 Å². The molecular formula is C23H30FN5O3S2. The van der Waals surface area contributed by atoms with Gasteiger partial charge < -0.3 is 15.1 Å². The molecule has 8 nitrogen and oxygen atoms in total. The van der Waals surface area contributed by atoms with Crippen LogP contribution >= 0.6 is 11.5 Å². The molecule has 1 saturated carbocycles. The Hall–Kier alpha value is -2.27. The standard InChI is InChI=1S/C23H30FN5O3S2/c1-14(2)21-26-23(33-27-21)28-10-7-15(8-11-28)29-12-9-20(22(29)30)25-19-6-5-17(13-18(19)24)34(31,32)16-3-4-16/h5-6,13-16,20,25H,3-4,7-12H2,1-2H3/t20-/m1/s1. The van der Waals surface area contributed by atoms with Gasteiger partial charge in [-0.05, 0) is 50.3 Å². The maximum Gasteiger partial charge on any atom is 0.245 e. The molecule has 1 atom stereocenters. The molecule has 2 aliphatic heterocycles. The molecule has 2 aromatic rings. The lowest BCUT2D eigenvalue weighted by molar-refractivity contribution is -0.130. The monoisotopic (exact) mass is 507 g/mol. The summed E-state index contributed by atoms with van der Waals surface area (Å²) in [6, 6.07) is 3.59. The number of rotatable bonds is 7. The summed E-state index contributed by atoms with van der Waals surface area (Å²) in [4.78, 5) is 21.9. The maximum absolute atomic E-state index is 14.7. The van der Waals surface area contributed by atoms with Crippen molar-refractivity contribution in [2.24, 2.45) is 0 Å². The number of likely N-dealkylation sites (tertiary alicyclic amines) is 1. The van der Waals surface area contributed by atoms with E-state index in [9.17, 15) is 17.6 Å². The van der Waals surface area contributed by atoms with E-state index in [1.807, 2.05) is 4.90 Å². The summed E-state index contributed by atoms with van der Waals surface area (Å²) in [6.07, 6.45) is 3.58. The van der Waals surface area contributed by atoms with Crippen LogP contribution in [0.1, 0.15) is 57.7 Å². The van der Waals surface area contributed by atoms with Gasteiger partial charge in [0.25, 0.3) is 0 Å². The lowest BCUT2D eigenvalue weighted by Gasteiger charge is -2.36. The van der Waals surface area contributed by atoms with Gasteiger partial charge in [-0.1, -0.05) is 13.8 Å². The lowest BCUT2D eigenvalue weighted by atomic mass is 10.0. The van der Waals surface area contributed by atoms with E-state index in [4.69, 9.17) is 0 Å². The third kappa shape index (κ3) is 4.51. The minimum atomic E-state index is -3.45. The highest BCUT2D eigenvalue weighted by Crippen LogP contribution is 2.35. The number of carbonyl (C=O) groups is 1. The second kappa shape index (κ2) is 9.07. The topological polar surface area (TPSA) is 95.5 Å². The molecule has 184 valence electrons. The van der Waals surface area contributed by atoms with Crippen molar-refractivity contribution < 1.29 is 17.6 Å². The zero-order valence-electron chi connectivity index (χ0n) is 19.4. The van der Waals surface area contributed by atoms with Gasteiger partial charge in [-0.3, -0.25) is 4.79 Å². The van der Waals surface area contributed by atoms with Crippen LogP contribution in [0.15, 0.2) is 23.1 Å². The summed E-state index contributed by atoms with van der Waals surface area (Å²) in [5.41, 5.74) is 0.169. The SMILES string of the molecule is CC(C)c1nsc(N2CCC(N3CC[C@@H](Nc4ccc(S(=O)(=O)C5CC5)cc4F)C3=O)CC2)n1. The summed E-state index contributed by atoms with van der Waals surface area (Å²) >= 11 is 1.43. The number of carbonyl (C=O) groups excluding carboxylic acids is 1. The van der Waals surface area contributed by atoms with Gasteiger partial charge in [-0.15, -0.1) is 0 Å². The minimum absolute atomic E-state index is 0.0140. The highest BCUT2D eigenvalue weighted by Gasteiger charge is 2.39. The molecule has 3 fully saturated rings. The van der Waals surface area contributed by atoms with Crippen molar-refractivity contribution in [1.29, 1.82) is 0 Å². The number of halogens is 1. The predicted octanol–water partition coefficient (Wildman–Crippen LogP) is 3.42. The molecule has 3 heterocycles. The minimum Gasteiger partial charge on any atom is -0.371 e. The number of hydrogen-bond acceptors (Lipinski definition) is 8. The molecule has 1 N–H and O–H groups in total. The number of piperidine rings is 1. The summed E-state index contributed by atoms with van der Waals surface area (Å²) in [5, 5.41) is 3.57. The largest absolute Gasteiger partial charge is 0.371 e. The van der Waals surface area contributed by atoms with Crippen molar-refractivity contribution in [3.05, 3.63) is 29.8 Å². The van der Waals surface area contributed by atoms with Crippen LogP contribution in [0, 0.1) is 5.82 Å². The van der Waals surface area contributed by atoms with Gasteiger partial charge in [0.05, 0.1) is 15.8 Å². The van der Waals surface area contributed by atoms with E-state index in [0.29, 0.717) is 31.7 Å². The fourth-order valence-corrected chi connectivity index (χ4v) is 7.23. The first kappa shape index (κ1) is 23.5. The van der Waals surface area contributed by atoms with Crippen LogP contribution < -0.4 is 10.2 Å². The Morgan fingerprint density at radius 1 is 1.12 bits per heavy atom. The van der Waals surface area contributed by atoms with Gasteiger partial charge in [0.1, 0.15) is 17.7 Å². The van der Waals surface area contributed by atoms with Crippen LogP contribution in [0.4, 0.5) is 15.2 Å². The second-order valence-corrected chi connectivity index (χ2v) is 12.7. The Labute approximate surface area is 203 Å². The number of nitrogens with one attached hydrogen (secondary N) is 1. The van der Waals surface area contributed by atoms with Gasteiger partial charge in [0, 0.05) is 43.1 Å². The highest BCUT2D eigenvalue weighted by atomic mass is 32.2. The third-order valence-corrected chi connectivity index (χ3v) is 9.98. The lowest BCUT2D eigenvalue weighted by Crippen LogP contribution is -2.47. The Kier molecular flexibility index (Phi) is 6.26. The Bertz CT molecular complexity index is 1170. The van der Waals surface area contributed by atoms with Crippen LogP contribution in [-0.2, 0) is 14.6 Å². The van der Waals surface area contributed by atoms with Crippen LogP contribution in [0.5, 0.6) is 0 Å². The molecule has 2 saturated heterocycles. The molecule has 1 aromatic carbocycles. The van der Waals surface area contributed by atoms with E-state index in [1.54, 1.807) is 0 Å². The normalized spacial score (nSPS) is 22.1. The highest BCUT2D eigenvalue weighted by molar-refractivity contribution is 7.92. The summed E-state index contributed by atoms with van der Waals surface area (Å²) in [6.45, 7) is 6.44. The number of hydrogen-bond donors (Lipinski definition) is 1. The molecule has 0 spiro atoms. The maximum atomic E-state index is 14.7. The molecule has 0 radical (unpaired) electrons. The number of nitrogens with zero attached hydrogens (tertiary/aromatic N) is 4. The van der Waals surface area contributed by atoms with Gasteiger partial charge >= 0.3 is 0 Å².